The van der Waals surface area contributed by atoms with Crippen molar-refractivity contribution in [2.24, 2.45) is 0 Å². The Morgan fingerprint density at radius 2 is 0.875 bits per heavy atom. The molecule has 1 amide bonds. The summed E-state index contributed by atoms with van der Waals surface area (Å²) >= 11 is 0. The van der Waals surface area contributed by atoms with Crippen LogP contribution in [-0.4, -0.2) is 34.9 Å². The van der Waals surface area contributed by atoms with Crippen LogP contribution in [-0.2, 0) is 4.79 Å². The van der Waals surface area contributed by atoms with Crippen LogP contribution >= 0.6 is 0 Å². The van der Waals surface area contributed by atoms with Gasteiger partial charge in [0.25, 0.3) is 0 Å². The maximum absolute atomic E-state index is 11.1. The van der Waals surface area contributed by atoms with Crippen molar-refractivity contribution in [2.45, 2.75) is 206 Å². The molecule has 0 rings (SSSR count). The Balaban J connectivity index is 3.21. The van der Waals surface area contributed by atoms with Crippen LogP contribution in [0.5, 0.6) is 0 Å². The van der Waals surface area contributed by atoms with Gasteiger partial charge in [-0.05, 0) is 12.8 Å². The normalized spacial score (nSPS) is 13.2. The molecule has 0 aliphatic heterocycles. The monoisotopic (exact) mass is 566 g/mol. The molecule has 0 fully saturated rings. The molecular formula is C36H71NO3. The number of hydrogen-bond donors (Lipinski definition) is 3. The van der Waals surface area contributed by atoms with Gasteiger partial charge in [-0.25, -0.2) is 0 Å². The third-order valence-electron chi connectivity index (χ3n) is 8.31. The van der Waals surface area contributed by atoms with Gasteiger partial charge in [-0.15, -0.1) is 0 Å². The van der Waals surface area contributed by atoms with Crippen molar-refractivity contribution in [2.75, 3.05) is 6.61 Å². The van der Waals surface area contributed by atoms with Crippen molar-refractivity contribution in [1.29, 1.82) is 0 Å². The lowest BCUT2D eigenvalue weighted by Crippen LogP contribution is -2.44. The first-order chi connectivity index (χ1) is 19.6. The van der Waals surface area contributed by atoms with Crippen LogP contribution < -0.4 is 5.32 Å². The van der Waals surface area contributed by atoms with E-state index in [0.717, 1.165) is 12.8 Å². The molecule has 0 radical (unpaired) electrons. The van der Waals surface area contributed by atoms with E-state index in [9.17, 15) is 15.0 Å². The van der Waals surface area contributed by atoms with Crippen molar-refractivity contribution in [3.63, 3.8) is 0 Å². The SMILES string of the molecule is CCCCCCCCCCCCCCCCCCCCCCCCCCCCC/C=C/C(O)C(CO)NC(C)=O. The Morgan fingerprint density at radius 3 is 1.15 bits per heavy atom. The van der Waals surface area contributed by atoms with Gasteiger partial charge in [0.05, 0.1) is 18.8 Å². The Kier molecular flexibility index (Phi) is 31.9. The highest BCUT2D eigenvalue weighted by atomic mass is 16.3. The van der Waals surface area contributed by atoms with Crippen molar-refractivity contribution in [1.82, 2.24) is 5.32 Å². The third-order valence-corrected chi connectivity index (χ3v) is 8.31. The summed E-state index contributed by atoms with van der Waals surface area (Å²) in [4.78, 5) is 11.1. The molecule has 0 aliphatic rings. The van der Waals surface area contributed by atoms with E-state index in [0.29, 0.717) is 0 Å². The molecule has 40 heavy (non-hydrogen) atoms. The summed E-state index contributed by atoms with van der Waals surface area (Å²) in [6.07, 6.45) is 41.9. The Bertz CT molecular complexity index is 536. The van der Waals surface area contributed by atoms with Crippen molar-refractivity contribution < 1.29 is 15.0 Å². The average molecular weight is 566 g/mol. The van der Waals surface area contributed by atoms with E-state index in [-0.39, 0.29) is 12.5 Å². The summed E-state index contributed by atoms with van der Waals surface area (Å²) < 4.78 is 0. The van der Waals surface area contributed by atoms with Gasteiger partial charge < -0.3 is 15.5 Å². The maximum atomic E-state index is 11.1. The first-order valence-corrected chi connectivity index (χ1v) is 17.8. The standard InChI is InChI=1S/C36H71NO3/c1-3-4-5-6-7-8-9-10-11-12-13-14-15-16-17-18-19-20-21-22-23-24-25-26-27-28-29-30-31-32-36(40)35(33-38)37-34(2)39/h31-32,35-36,38,40H,3-30,33H2,1-2H3,(H,37,39)/b32-31+. The number of allylic oxidation sites excluding steroid dienone is 1. The molecular weight excluding hydrogens is 494 g/mol. The second-order valence-corrected chi connectivity index (χ2v) is 12.4. The minimum Gasteiger partial charge on any atom is -0.394 e. The molecule has 0 saturated carbocycles. The van der Waals surface area contributed by atoms with E-state index >= 15 is 0 Å². The number of hydrogen-bond acceptors (Lipinski definition) is 3. The summed E-state index contributed by atoms with van der Waals surface area (Å²) in [5, 5.41) is 21.8. The van der Waals surface area contributed by atoms with Gasteiger partial charge in [-0.1, -0.05) is 186 Å². The van der Waals surface area contributed by atoms with Gasteiger partial charge in [-0.2, -0.15) is 0 Å². The lowest BCUT2D eigenvalue weighted by molar-refractivity contribution is -0.120. The fourth-order valence-electron chi connectivity index (χ4n) is 5.62. The molecule has 238 valence electrons. The second-order valence-electron chi connectivity index (χ2n) is 12.4. The summed E-state index contributed by atoms with van der Waals surface area (Å²) in [7, 11) is 0. The highest BCUT2D eigenvalue weighted by Crippen LogP contribution is 2.16. The molecule has 0 spiro atoms. The minimum absolute atomic E-state index is 0.239. The first-order valence-electron chi connectivity index (χ1n) is 17.8. The molecule has 0 heterocycles. The molecule has 4 nitrogen and oxygen atoms in total. The quantitative estimate of drug-likeness (QED) is 0.0561. The molecule has 0 bridgehead atoms. The molecule has 2 atom stereocenters. The third kappa shape index (κ3) is 30.1. The zero-order valence-corrected chi connectivity index (χ0v) is 27.1. The Labute approximate surface area is 250 Å². The number of carbonyl (C=O) groups excluding carboxylic acids is 1. The van der Waals surface area contributed by atoms with E-state index in [1.165, 1.54) is 174 Å². The lowest BCUT2D eigenvalue weighted by atomic mass is 10.0. The summed E-state index contributed by atoms with van der Waals surface area (Å²) in [5.41, 5.74) is 0. The molecule has 4 heteroatoms. The number of amides is 1. The predicted octanol–water partition coefficient (Wildman–Crippen LogP) is 10.3. The van der Waals surface area contributed by atoms with E-state index in [4.69, 9.17) is 0 Å². The molecule has 0 saturated heterocycles. The van der Waals surface area contributed by atoms with Gasteiger partial charge in [0.2, 0.25) is 5.91 Å². The second kappa shape index (κ2) is 32.6. The number of nitrogens with one attached hydrogen (secondary N) is 1. The van der Waals surface area contributed by atoms with Crippen molar-refractivity contribution >= 4 is 5.91 Å². The topological polar surface area (TPSA) is 69.6 Å². The summed E-state index contributed by atoms with van der Waals surface area (Å²) in [5.74, 6) is -0.239. The number of carbonyl (C=O) groups is 1. The molecule has 0 aromatic carbocycles. The van der Waals surface area contributed by atoms with Crippen LogP contribution in [0.2, 0.25) is 0 Å². The van der Waals surface area contributed by atoms with Crippen LogP contribution in [0.1, 0.15) is 194 Å². The summed E-state index contributed by atoms with van der Waals surface area (Å²) in [6, 6.07) is -0.618. The van der Waals surface area contributed by atoms with E-state index in [2.05, 4.69) is 12.2 Å². The van der Waals surface area contributed by atoms with Crippen LogP contribution in [0, 0.1) is 0 Å². The molecule has 2 unspecified atom stereocenters. The van der Waals surface area contributed by atoms with Gasteiger partial charge in [-0.3, -0.25) is 4.79 Å². The number of unbranched alkanes of at least 4 members (excludes halogenated alkanes) is 27. The predicted molar refractivity (Wildman–Crippen MR) is 175 cm³/mol. The number of rotatable bonds is 32. The number of aliphatic hydroxyl groups excluding tert-OH is 2. The Morgan fingerprint density at radius 1 is 0.575 bits per heavy atom. The lowest BCUT2D eigenvalue weighted by Gasteiger charge is -2.18. The largest absolute Gasteiger partial charge is 0.394 e. The van der Waals surface area contributed by atoms with Crippen LogP contribution in [0.15, 0.2) is 12.2 Å². The fourth-order valence-corrected chi connectivity index (χ4v) is 5.62. The van der Waals surface area contributed by atoms with E-state index in [1.807, 2.05) is 6.08 Å². The average Bonchev–Trinajstić information content (AvgIpc) is 2.94. The fraction of sp³-hybridized carbons (Fsp3) is 0.917. The smallest absolute Gasteiger partial charge is 0.217 e. The minimum atomic E-state index is -0.831. The van der Waals surface area contributed by atoms with E-state index < -0.39 is 12.1 Å². The first kappa shape index (κ1) is 39.1. The van der Waals surface area contributed by atoms with Crippen molar-refractivity contribution in [3.05, 3.63) is 12.2 Å². The van der Waals surface area contributed by atoms with Gasteiger partial charge in [0, 0.05) is 6.92 Å². The molecule has 0 aromatic rings. The Hall–Kier alpha value is -0.870. The van der Waals surface area contributed by atoms with Crippen LogP contribution in [0.3, 0.4) is 0 Å². The van der Waals surface area contributed by atoms with Gasteiger partial charge in [0.1, 0.15) is 0 Å². The van der Waals surface area contributed by atoms with Gasteiger partial charge in [0.15, 0.2) is 0 Å². The zero-order valence-electron chi connectivity index (χ0n) is 27.1. The van der Waals surface area contributed by atoms with Crippen LogP contribution in [0.25, 0.3) is 0 Å². The van der Waals surface area contributed by atoms with Gasteiger partial charge >= 0.3 is 0 Å². The highest BCUT2D eigenvalue weighted by molar-refractivity contribution is 5.73. The van der Waals surface area contributed by atoms with Crippen molar-refractivity contribution in [3.8, 4) is 0 Å². The molecule has 3 N–H and O–H groups in total. The highest BCUT2D eigenvalue weighted by Gasteiger charge is 2.16. The number of aliphatic hydroxyl groups is 2. The summed E-state index contributed by atoms with van der Waals surface area (Å²) in [6.45, 7) is 3.43. The van der Waals surface area contributed by atoms with E-state index in [1.54, 1.807) is 6.08 Å². The zero-order chi connectivity index (χ0) is 29.4. The molecule has 0 aliphatic carbocycles. The maximum Gasteiger partial charge on any atom is 0.217 e. The molecule has 0 aromatic heterocycles. The van der Waals surface area contributed by atoms with Crippen LogP contribution in [0.4, 0.5) is 0 Å².